The van der Waals surface area contributed by atoms with E-state index in [4.69, 9.17) is 4.74 Å². The van der Waals surface area contributed by atoms with Gasteiger partial charge in [-0.05, 0) is 56.2 Å². The molecule has 3 atom stereocenters. The zero-order chi connectivity index (χ0) is 23.1. The number of rotatable bonds is 6. The second kappa shape index (κ2) is 8.79. The summed E-state index contributed by atoms with van der Waals surface area (Å²) in [6.45, 7) is 0. The van der Waals surface area contributed by atoms with Gasteiger partial charge in [0.2, 0.25) is 5.88 Å². The lowest BCUT2D eigenvalue weighted by Gasteiger charge is -2.45. The van der Waals surface area contributed by atoms with Gasteiger partial charge in [0.15, 0.2) is 11.6 Å². The number of phenols is 1. The maximum absolute atomic E-state index is 10.7. The first-order valence-electron chi connectivity index (χ1n) is 12.1. The highest BCUT2D eigenvalue weighted by molar-refractivity contribution is 5.72. The molecule has 4 heterocycles. The summed E-state index contributed by atoms with van der Waals surface area (Å²) in [7, 11) is 1.55. The van der Waals surface area contributed by atoms with E-state index in [2.05, 4.69) is 35.6 Å². The highest BCUT2D eigenvalue weighted by Crippen LogP contribution is 2.38. The fraction of sp³-hybridized carbons (Fsp3) is 0.480. The predicted molar refractivity (Wildman–Crippen MR) is 128 cm³/mol. The predicted octanol–water partition coefficient (Wildman–Crippen LogP) is 3.35. The Balaban J connectivity index is 1.24. The Morgan fingerprint density at radius 1 is 0.941 bits per heavy atom. The molecular weight excluding hydrogens is 430 g/mol. The number of fused-ring (bicyclic) bond motifs is 2. The molecular formula is C25H29N7O2. The molecule has 6 rings (SSSR count). The van der Waals surface area contributed by atoms with Crippen LogP contribution in [0.3, 0.4) is 0 Å². The topological polar surface area (TPSA) is 109 Å². The molecule has 2 aliphatic heterocycles. The summed E-state index contributed by atoms with van der Waals surface area (Å²) in [6, 6.07) is 9.42. The molecule has 176 valence electrons. The van der Waals surface area contributed by atoms with Crippen LogP contribution in [-0.4, -0.2) is 61.8 Å². The molecule has 1 unspecified atom stereocenters. The third-order valence-corrected chi connectivity index (χ3v) is 7.25. The Morgan fingerprint density at radius 3 is 2.44 bits per heavy atom. The molecule has 9 nitrogen and oxygen atoms in total. The van der Waals surface area contributed by atoms with Gasteiger partial charge in [-0.3, -0.25) is 0 Å². The van der Waals surface area contributed by atoms with Crippen molar-refractivity contribution in [2.75, 3.05) is 12.0 Å². The Morgan fingerprint density at radius 2 is 1.76 bits per heavy atom. The molecule has 0 spiro atoms. The number of aromatic hydroxyl groups is 1. The van der Waals surface area contributed by atoms with Crippen molar-refractivity contribution in [3.63, 3.8) is 0 Å². The van der Waals surface area contributed by atoms with Gasteiger partial charge in [-0.1, -0.05) is 12.5 Å². The number of benzene rings is 1. The van der Waals surface area contributed by atoms with Crippen LogP contribution in [0.5, 0.6) is 11.6 Å². The summed E-state index contributed by atoms with van der Waals surface area (Å²) in [6.07, 6.45) is 12.1. The van der Waals surface area contributed by atoms with E-state index in [1.807, 2.05) is 12.3 Å². The van der Waals surface area contributed by atoms with Crippen LogP contribution in [0.25, 0.3) is 22.5 Å². The monoisotopic (exact) mass is 459 g/mol. The molecule has 2 N–H and O–H groups in total. The summed E-state index contributed by atoms with van der Waals surface area (Å²) >= 11 is 0. The lowest BCUT2D eigenvalue weighted by molar-refractivity contribution is 0.215. The van der Waals surface area contributed by atoms with Crippen molar-refractivity contribution in [3.05, 3.63) is 36.7 Å². The zero-order valence-corrected chi connectivity index (χ0v) is 19.3. The number of piperidine rings is 2. The van der Waals surface area contributed by atoms with E-state index in [-0.39, 0.29) is 5.75 Å². The Hall–Kier alpha value is -3.33. The average molecular weight is 460 g/mol. The van der Waals surface area contributed by atoms with Crippen molar-refractivity contribution >= 4 is 5.82 Å². The number of nitrogens with one attached hydrogen (secondary N) is 1. The molecule has 0 amide bonds. The van der Waals surface area contributed by atoms with E-state index in [1.165, 1.54) is 32.1 Å². The average Bonchev–Trinajstić information content (AvgIpc) is 3.70. The summed E-state index contributed by atoms with van der Waals surface area (Å²) in [4.78, 5) is 7.08. The van der Waals surface area contributed by atoms with Crippen molar-refractivity contribution in [2.24, 2.45) is 0 Å². The van der Waals surface area contributed by atoms with Gasteiger partial charge in [0, 0.05) is 35.8 Å². The van der Waals surface area contributed by atoms with Crippen molar-refractivity contribution < 1.29 is 9.84 Å². The minimum Gasteiger partial charge on any atom is -0.507 e. The van der Waals surface area contributed by atoms with Crippen molar-refractivity contribution in [2.45, 2.75) is 69.1 Å². The molecule has 3 fully saturated rings. The SMILES string of the molecule is COc1cc(-c2ccc(-c3ncc(N(C4CC4)C4C[C@H]5CCC[C@@H](C4)N5)nn3)c(O)c2)cnn1. The van der Waals surface area contributed by atoms with Crippen LogP contribution in [0.4, 0.5) is 5.82 Å². The second-order valence-electron chi connectivity index (χ2n) is 9.61. The zero-order valence-electron chi connectivity index (χ0n) is 19.3. The van der Waals surface area contributed by atoms with Crippen LogP contribution in [0.15, 0.2) is 36.7 Å². The number of aromatic nitrogens is 5. The van der Waals surface area contributed by atoms with Crippen LogP contribution >= 0.6 is 0 Å². The van der Waals surface area contributed by atoms with E-state index in [0.717, 1.165) is 29.8 Å². The van der Waals surface area contributed by atoms with Crippen LogP contribution in [-0.2, 0) is 0 Å². The lowest BCUT2D eigenvalue weighted by Crippen LogP contribution is -2.55. The van der Waals surface area contributed by atoms with Gasteiger partial charge >= 0.3 is 0 Å². The summed E-state index contributed by atoms with van der Waals surface area (Å²) in [5, 5.41) is 31.3. The van der Waals surface area contributed by atoms with Crippen molar-refractivity contribution in [1.29, 1.82) is 0 Å². The summed E-state index contributed by atoms with van der Waals surface area (Å²) < 4.78 is 5.14. The molecule has 1 aromatic carbocycles. The van der Waals surface area contributed by atoms with Crippen LogP contribution in [0.2, 0.25) is 0 Å². The molecule has 2 bridgehead atoms. The fourth-order valence-corrected chi connectivity index (χ4v) is 5.50. The summed E-state index contributed by atoms with van der Waals surface area (Å²) in [5.74, 6) is 1.77. The lowest BCUT2D eigenvalue weighted by atomic mass is 9.83. The van der Waals surface area contributed by atoms with E-state index in [0.29, 0.717) is 41.4 Å². The van der Waals surface area contributed by atoms with Gasteiger partial charge in [-0.25, -0.2) is 4.98 Å². The van der Waals surface area contributed by atoms with Gasteiger partial charge in [0.25, 0.3) is 0 Å². The van der Waals surface area contributed by atoms with Crippen LogP contribution < -0.4 is 15.0 Å². The first kappa shape index (κ1) is 21.2. The van der Waals surface area contributed by atoms with Crippen molar-refractivity contribution in [3.8, 4) is 34.1 Å². The number of anilines is 1. The first-order valence-corrected chi connectivity index (χ1v) is 12.1. The van der Waals surface area contributed by atoms with E-state index >= 15 is 0 Å². The molecule has 3 aromatic rings. The smallest absolute Gasteiger partial charge is 0.233 e. The molecule has 1 saturated carbocycles. The highest BCUT2D eigenvalue weighted by Gasteiger charge is 2.40. The molecule has 1 aliphatic carbocycles. The molecule has 0 radical (unpaired) electrons. The molecule has 2 saturated heterocycles. The van der Waals surface area contributed by atoms with Gasteiger partial charge in [0.05, 0.1) is 25.1 Å². The third kappa shape index (κ3) is 4.16. The van der Waals surface area contributed by atoms with E-state index in [1.54, 1.807) is 31.5 Å². The standard InChI is InChI=1S/C25H29N7O2/c1-34-24-10-16(13-27-30-24)15-5-8-21(22(33)9-15)25-26-14-23(29-31-25)32(19-6-7-19)20-11-17-3-2-4-18(12-20)28-17/h5,8-10,13-14,17-20,28,33H,2-4,6-7,11-12H2,1H3/t17-,18+,20?. The third-order valence-electron chi connectivity index (χ3n) is 7.25. The Labute approximate surface area is 198 Å². The fourth-order valence-electron chi connectivity index (χ4n) is 5.50. The Bertz CT molecular complexity index is 1160. The molecule has 3 aliphatic rings. The highest BCUT2D eigenvalue weighted by atomic mass is 16.5. The summed E-state index contributed by atoms with van der Waals surface area (Å²) in [5.41, 5.74) is 2.15. The van der Waals surface area contributed by atoms with Gasteiger partial charge in [-0.2, -0.15) is 5.10 Å². The second-order valence-corrected chi connectivity index (χ2v) is 9.61. The minimum absolute atomic E-state index is 0.0908. The van der Waals surface area contributed by atoms with Gasteiger partial charge in [0.1, 0.15) is 5.75 Å². The number of methoxy groups -OCH3 is 1. The molecule has 9 heteroatoms. The largest absolute Gasteiger partial charge is 0.507 e. The Kier molecular flexibility index (Phi) is 5.49. The van der Waals surface area contributed by atoms with Crippen LogP contribution in [0, 0.1) is 0 Å². The quantitative estimate of drug-likeness (QED) is 0.573. The molecule has 34 heavy (non-hydrogen) atoms. The maximum Gasteiger partial charge on any atom is 0.233 e. The normalized spacial score (nSPS) is 24.0. The van der Waals surface area contributed by atoms with Crippen LogP contribution in [0.1, 0.15) is 44.9 Å². The number of hydrogen-bond donors (Lipinski definition) is 2. The number of phenolic OH excluding ortho intramolecular Hbond substituents is 1. The van der Waals surface area contributed by atoms with Gasteiger partial charge < -0.3 is 20.1 Å². The number of hydrogen-bond acceptors (Lipinski definition) is 9. The van der Waals surface area contributed by atoms with E-state index < -0.39 is 0 Å². The van der Waals surface area contributed by atoms with Gasteiger partial charge in [-0.15, -0.1) is 15.3 Å². The number of nitrogens with zero attached hydrogens (tertiary/aromatic N) is 6. The van der Waals surface area contributed by atoms with Crippen molar-refractivity contribution in [1.82, 2.24) is 30.7 Å². The first-order chi connectivity index (χ1) is 16.7. The van der Waals surface area contributed by atoms with E-state index in [9.17, 15) is 5.11 Å². The number of ether oxygens (including phenoxy) is 1. The maximum atomic E-state index is 10.7. The molecule has 2 aromatic heterocycles. The minimum atomic E-state index is 0.0908.